The van der Waals surface area contributed by atoms with Crippen molar-refractivity contribution in [2.75, 3.05) is 20.2 Å². The molecule has 2 aliphatic heterocycles. The largest absolute Gasteiger partial charge is 0.467 e. The maximum atomic E-state index is 13.5. The molecule has 0 radical (unpaired) electrons. The minimum absolute atomic E-state index is 0.207. The van der Waals surface area contributed by atoms with Gasteiger partial charge in [0, 0.05) is 13.1 Å². The van der Waals surface area contributed by atoms with Gasteiger partial charge in [-0.05, 0) is 58.4 Å². The summed E-state index contributed by atoms with van der Waals surface area (Å²) in [6.07, 6.45) is 0.351. The predicted octanol–water partition coefficient (Wildman–Crippen LogP) is 1.64. The van der Waals surface area contributed by atoms with Gasteiger partial charge in [-0.3, -0.25) is 14.5 Å². The third-order valence-corrected chi connectivity index (χ3v) is 6.45. The van der Waals surface area contributed by atoms with Crippen LogP contribution in [0, 0.1) is 0 Å². The summed E-state index contributed by atoms with van der Waals surface area (Å²) in [6, 6.07) is 6.78. The van der Waals surface area contributed by atoms with E-state index in [1.54, 1.807) is 20.8 Å². The van der Waals surface area contributed by atoms with Gasteiger partial charge in [-0.25, -0.2) is 9.59 Å². The smallest absolute Gasteiger partial charge is 0.410 e. The molecule has 0 bridgehead atoms. The monoisotopic (exact) mass is 503 g/mol. The third-order valence-electron chi connectivity index (χ3n) is 6.45. The van der Waals surface area contributed by atoms with Gasteiger partial charge in [0.2, 0.25) is 11.8 Å². The highest BCUT2D eigenvalue weighted by atomic mass is 16.6. The molecule has 0 saturated carbocycles. The first-order valence-corrected chi connectivity index (χ1v) is 12.4. The molecule has 2 heterocycles. The van der Waals surface area contributed by atoms with Crippen LogP contribution in [0.2, 0.25) is 0 Å². The number of rotatable bonds is 7. The second-order valence-corrected chi connectivity index (χ2v) is 10.3. The molecule has 1 aromatic rings. The third kappa shape index (κ3) is 6.75. The molecule has 2 saturated heterocycles. The van der Waals surface area contributed by atoms with Crippen LogP contribution in [-0.4, -0.2) is 88.8 Å². The van der Waals surface area contributed by atoms with Gasteiger partial charge in [-0.1, -0.05) is 30.3 Å². The molecule has 10 nitrogen and oxygen atoms in total. The number of amides is 3. The summed E-state index contributed by atoms with van der Waals surface area (Å²) < 4.78 is 10.2. The van der Waals surface area contributed by atoms with E-state index in [9.17, 15) is 24.3 Å². The number of nitrogens with zero attached hydrogens (tertiary/aromatic N) is 2. The first-order chi connectivity index (χ1) is 17.0. The highest BCUT2D eigenvalue weighted by Crippen LogP contribution is 2.26. The van der Waals surface area contributed by atoms with Crippen LogP contribution in [0.4, 0.5) is 4.79 Å². The number of carbonyl (C=O) groups is 4. The Balaban J connectivity index is 1.72. The van der Waals surface area contributed by atoms with Crippen LogP contribution >= 0.6 is 0 Å². The van der Waals surface area contributed by atoms with Crippen molar-refractivity contribution < 1.29 is 33.8 Å². The number of carbonyl (C=O) groups excluding carboxylic acids is 4. The van der Waals surface area contributed by atoms with Crippen molar-refractivity contribution >= 4 is 23.9 Å². The average Bonchev–Trinajstić information content (AvgIpc) is 3.52. The molecule has 0 aliphatic carbocycles. The van der Waals surface area contributed by atoms with E-state index in [2.05, 4.69) is 10.1 Å². The highest BCUT2D eigenvalue weighted by molar-refractivity contribution is 5.92. The highest BCUT2D eigenvalue weighted by Gasteiger charge is 2.44. The number of hydrogen-bond donors (Lipinski definition) is 2. The Morgan fingerprint density at radius 3 is 2.25 bits per heavy atom. The summed E-state index contributed by atoms with van der Waals surface area (Å²) in [7, 11) is 1.17. The van der Waals surface area contributed by atoms with Gasteiger partial charge in [-0.2, -0.15) is 0 Å². The van der Waals surface area contributed by atoms with Crippen molar-refractivity contribution in [3.05, 3.63) is 35.9 Å². The Morgan fingerprint density at radius 1 is 1.03 bits per heavy atom. The lowest BCUT2D eigenvalue weighted by molar-refractivity contribution is -0.153. The molecule has 3 amide bonds. The minimum Gasteiger partial charge on any atom is -0.467 e. The Hall–Kier alpha value is -3.14. The molecule has 36 heavy (non-hydrogen) atoms. The maximum Gasteiger partial charge on any atom is 0.410 e. The standard InChI is InChI=1S/C26H37N3O7/c1-26(2,3)36-25(34)29-15-9-13-20(29)23(32)28-14-8-12-19(28)22(31)27-18(21(30)24(33)35-4)16-17-10-6-5-7-11-17/h5-7,10-11,18-21,30H,8-9,12-16H2,1-4H3,(H,27,31)/t18?,19-,20-,21+/m0/s1. The van der Waals surface area contributed by atoms with E-state index in [1.165, 1.54) is 16.9 Å². The zero-order valence-corrected chi connectivity index (χ0v) is 21.4. The predicted molar refractivity (Wildman–Crippen MR) is 131 cm³/mol. The van der Waals surface area contributed by atoms with Gasteiger partial charge in [0.1, 0.15) is 17.7 Å². The molecular formula is C26H37N3O7. The zero-order chi connectivity index (χ0) is 26.5. The number of hydrogen-bond acceptors (Lipinski definition) is 7. The quantitative estimate of drug-likeness (QED) is 0.542. The van der Waals surface area contributed by atoms with Crippen molar-refractivity contribution in [3.8, 4) is 0 Å². The normalized spacial score (nSPS) is 21.6. The lowest BCUT2D eigenvalue weighted by atomic mass is 10.0. The summed E-state index contributed by atoms with van der Waals surface area (Å²) in [6.45, 7) is 6.12. The second-order valence-electron chi connectivity index (χ2n) is 10.3. The molecule has 2 N–H and O–H groups in total. The summed E-state index contributed by atoms with van der Waals surface area (Å²) in [5, 5.41) is 13.3. The molecule has 2 aliphatic rings. The lowest BCUT2D eigenvalue weighted by Gasteiger charge is -2.33. The van der Waals surface area contributed by atoms with E-state index >= 15 is 0 Å². The molecule has 10 heteroatoms. The van der Waals surface area contributed by atoms with E-state index in [-0.39, 0.29) is 12.3 Å². The van der Waals surface area contributed by atoms with E-state index in [0.29, 0.717) is 38.8 Å². The average molecular weight is 504 g/mol. The number of esters is 1. The first kappa shape index (κ1) is 27.4. The van der Waals surface area contributed by atoms with E-state index in [4.69, 9.17) is 4.74 Å². The van der Waals surface area contributed by atoms with E-state index in [0.717, 1.165) is 5.56 Å². The molecule has 0 spiro atoms. The Morgan fingerprint density at radius 2 is 1.64 bits per heavy atom. The van der Waals surface area contributed by atoms with Gasteiger partial charge in [0.15, 0.2) is 6.10 Å². The van der Waals surface area contributed by atoms with E-state index < -0.39 is 47.8 Å². The lowest BCUT2D eigenvalue weighted by Crippen LogP contribution is -2.56. The molecule has 198 valence electrons. The molecule has 3 rings (SSSR count). The number of ether oxygens (including phenoxy) is 2. The summed E-state index contributed by atoms with van der Waals surface area (Å²) in [5.74, 6) is -1.59. The Labute approximate surface area is 211 Å². The van der Waals surface area contributed by atoms with Crippen LogP contribution in [0.3, 0.4) is 0 Å². The van der Waals surface area contributed by atoms with Crippen LogP contribution in [0.1, 0.15) is 52.0 Å². The number of aliphatic hydroxyl groups is 1. The van der Waals surface area contributed by atoms with Crippen LogP contribution in [0.25, 0.3) is 0 Å². The van der Waals surface area contributed by atoms with Gasteiger partial charge in [-0.15, -0.1) is 0 Å². The number of nitrogens with one attached hydrogen (secondary N) is 1. The number of aliphatic hydroxyl groups excluding tert-OH is 1. The van der Waals surface area contributed by atoms with Crippen molar-refractivity contribution in [1.82, 2.24) is 15.1 Å². The molecule has 4 atom stereocenters. The fourth-order valence-electron chi connectivity index (χ4n) is 4.73. The molecular weight excluding hydrogens is 466 g/mol. The van der Waals surface area contributed by atoms with Gasteiger partial charge in [0.25, 0.3) is 0 Å². The van der Waals surface area contributed by atoms with E-state index in [1.807, 2.05) is 30.3 Å². The van der Waals surface area contributed by atoms with Crippen LogP contribution in [0.15, 0.2) is 30.3 Å². The van der Waals surface area contributed by atoms with Gasteiger partial charge >= 0.3 is 12.1 Å². The molecule has 2 fully saturated rings. The van der Waals surface area contributed by atoms with Crippen LogP contribution in [-0.2, 0) is 30.3 Å². The Kier molecular flexibility index (Phi) is 8.94. The van der Waals surface area contributed by atoms with Crippen molar-refractivity contribution in [1.29, 1.82) is 0 Å². The van der Waals surface area contributed by atoms with Crippen LogP contribution < -0.4 is 5.32 Å². The SMILES string of the molecule is COC(=O)[C@H](O)C(Cc1ccccc1)NC(=O)[C@@H]1CCCN1C(=O)[C@@H]1CCCN1C(=O)OC(C)(C)C. The zero-order valence-electron chi connectivity index (χ0n) is 21.4. The molecule has 1 unspecified atom stereocenters. The fourth-order valence-corrected chi connectivity index (χ4v) is 4.73. The second kappa shape index (κ2) is 11.7. The maximum absolute atomic E-state index is 13.5. The van der Waals surface area contributed by atoms with Gasteiger partial charge in [0.05, 0.1) is 13.2 Å². The molecule has 1 aromatic carbocycles. The summed E-state index contributed by atoms with van der Waals surface area (Å²) in [5.41, 5.74) is 0.140. The van der Waals surface area contributed by atoms with Crippen molar-refractivity contribution in [2.45, 2.75) is 82.7 Å². The van der Waals surface area contributed by atoms with Crippen molar-refractivity contribution in [3.63, 3.8) is 0 Å². The van der Waals surface area contributed by atoms with Crippen molar-refractivity contribution in [2.24, 2.45) is 0 Å². The molecule has 0 aromatic heterocycles. The topological polar surface area (TPSA) is 125 Å². The summed E-state index contributed by atoms with van der Waals surface area (Å²) in [4.78, 5) is 54.5. The van der Waals surface area contributed by atoms with Gasteiger partial charge < -0.3 is 24.8 Å². The number of likely N-dealkylation sites (tertiary alicyclic amines) is 2. The number of methoxy groups -OCH3 is 1. The first-order valence-electron chi connectivity index (χ1n) is 12.4. The van der Waals surface area contributed by atoms with Crippen LogP contribution in [0.5, 0.6) is 0 Å². The summed E-state index contributed by atoms with van der Waals surface area (Å²) >= 11 is 0. The Bertz CT molecular complexity index is 947. The fraction of sp³-hybridized carbons (Fsp3) is 0.615. The minimum atomic E-state index is -1.57. The number of benzene rings is 1.